The van der Waals surface area contributed by atoms with Crippen LogP contribution >= 0.6 is 0 Å². The first-order chi connectivity index (χ1) is 15.8. The number of rotatable bonds is 11. The molecule has 0 bridgehead atoms. The van der Waals surface area contributed by atoms with E-state index in [9.17, 15) is 0 Å². The van der Waals surface area contributed by atoms with Crippen LogP contribution in [0.3, 0.4) is 0 Å². The summed E-state index contributed by atoms with van der Waals surface area (Å²) in [5.74, 6) is 1.52. The van der Waals surface area contributed by atoms with E-state index in [0.29, 0.717) is 24.9 Å². The van der Waals surface area contributed by atoms with E-state index >= 15 is 0 Å². The Morgan fingerprint density at radius 2 is 1.75 bits per heavy atom. The summed E-state index contributed by atoms with van der Waals surface area (Å²) < 4.78 is 7.56. The molecule has 0 saturated heterocycles. The van der Waals surface area contributed by atoms with E-state index in [1.165, 1.54) is 24.8 Å². The van der Waals surface area contributed by atoms with Crippen molar-refractivity contribution in [2.24, 2.45) is 0 Å². The quantitative estimate of drug-likeness (QED) is 0.346. The maximum atomic E-state index is 5.56. The summed E-state index contributed by atoms with van der Waals surface area (Å²) in [6.07, 6.45) is 5.47. The Morgan fingerprint density at radius 3 is 2.47 bits per heavy atom. The lowest BCUT2D eigenvalue weighted by Gasteiger charge is -2.09. The number of hydrogen-bond acceptors (Lipinski definition) is 6. The summed E-state index contributed by atoms with van der Waals surface area (Å²) in [4.78, 5) is 4.63. The molecule has 0 aliphatic rings. The molecule has 8 nitrogen and oxygen atoms in total. The zero-order valence-electron chi connectivity index (χ0n) is 18.7. The molecule has 166 valence electrons. The molecule has 0 aliphatic carbocycles. The van der Waals surface area contributed by atoms with E-state index in [0.717, 1.165) is 35.5 Å². The van der Waals surface area contributed by atoms with E-state index in [1.807, 2.05) is 29.8 Å². The van der Waals surface area contributed by atoms with Crippen LogP contribution in [0.25, 0.3) is 22.5 Å². The second kappa shape index (κ2) is 10.7. The molecule has 1 N–H and O–H groups in total. The molecule has 8 heteroatoms. The van der Waals surface area contributed by atoms with E-state index in [1.54, 1.807) is 0 Å². The number of unbranched alkanes of at least 4 members (excludes halogenated alkanes) is 3. The Kier molecular flexibility index (Phi) is 7.22. The van der Waals surface area contributed by atoms with E-state index in [4.69, 9.17) is 4.74 Å². The van der Waals surface area contributed by atoms with E-state index in [-0.39, 0.29) is 0 Å². The van der Waals surface area contributed by atoms with Crippen molar-refractivity contribution in [2.45, 2.75) is 52.5 Å². The van der Waals surface area contributed by atoms with Crippen LogP contribution in [0.4, 0.5) is 0 Å². The molecule has 0 radical (unpaired) electrons. The van der Waals surface area contributed by atoms with Gasteiger partial charge in [-0.05, 0) is 35.2 Å². The molecule has 2 aromatic heterocycles. The van der Waals surface area contributed by atoms with Crippen LogP contribution in [0.15, 0.2) is 48.5 Å². The highest BCUT2D eigenvalue weighted by Gasteiger charge is 2.13. The lowest BCUT2D eigenvalue weighted by Crippen LogP contribution is -2.07. The van der Waals surface area contributed by atoms with E-state index in [2.05, 4.69) is 68.0 Å². The molecule has 4 aromatic rings. The van der Waals surface area contributed by atoms with Gasteiger partial charge in [0, 0.05) is 18.5 Å². The van der Waals surface area contributed by atoms with Gasteiger partial charge in [0.2, 0.25) is 5.82 Å². The van der Waals surface area contributed by atoms with Crippen LogP contribution in [-0.4, -0.2) is 42.0 Å². The van der Waals surface area contributed by atoms with Gasteiger partial charge < -0.3 is 4.74 Å². The first kappa shape index (κ1) is 21.7. The van der Waals surface area contributed by atoms with Crippen LogP contribution in [-0.2, 0) is 13.0 Å². The maximum Gasteiger partial charge on any atom is 0.335 e. The third-order valence-corrected chi connectivity index (χ3v) is 5.37. The van der Waals surface area contributed by atoms with Crippen LogP contribution in [0.5, 0.6) is 6.01 Å². The van der Waals surface area contributed by atoms with Gasteiger partial charge in [0.15, 0.2) is 0 Å². The molecule has 0 unspecified atom stereocenters. The molecule has 0 atom stereocenters. The summed E-state index contributed by atoms with van der Waals surface area (Å²) in [6.45, 7) is 5.60. The Balaban J connectivity index is 1.52. The van der Waals surface area contributed by atoms with Gasteiger partial charge in [0.1, 0.15) is 5.82 Å². The van der Waals surface area contributed by atoms with Crippen molar-refractivity contribution >= 4 is 0 Å². The number of nitrogens with zero attached hydrogens (tertiary/aromatic N) is 6. The summed E-state index contributed by atoms with van der Waals surface area (Å²) in [5, 5.41) is 19.0. The number of aromatic amines is 1. The molecule has 0 spiro atoms. The van der Waals surface area contributed by atoms with Crippen molar-refractivity contribution in [3.8, 4) is 28.5 Å². The summed E-state index contributed by atoms with van der Waals surface area (Å²) in [5.41, 5.74) is 4.29. The summed E-state index contributed by atoms with van der Waals surface area (Å²) in [6, 6.07) is 17.1. The molecule has 0 aliphatic heterocycles. The fraction of sp³-hybridized carbons (Fsp3) is 0.375. The van der Waals surface area contributed by atoms with Crippen LogP contribution in [0.1, 0.15) is 50.9 Å². The fourth-order valence-electron chi connectivity index (χ4n) is 3.73. The fourth-order valence-corrected chi connectivity index (χ4v) is 3.73. The van der Waals surface area contributed by atoms with Gasteiger partial charge in [-0.2, -0.15) is 10.2 Å². The third-order valence-electron chi connectivity index (χ3n) is 5.37. The number of tetrazole rings is 1. The highest BCUT2D eigenvalue weighted by atomic mass is 16.5. The highest BCUT2D eigenvalue weighted by Crippen LogP contribution is 2.30. The van der Waals surface area contributed by atoms with Gasteiger partial charge in [0.25, 0.3) is 0 Å². The standard InChI is InChI=1S/C24H29N7O/c1-3-5-6-9-16-31-22(25-24(28-31)32-4-2)17-18-12-14-19(15-13-18)20-10-7-8-11-21(20)23-26-29-30-27-23/h7-8,10-15H,3-6,9,16-17H2,1-2H3,(H,26,27,29,30). The molecular formula is C24H29N7O. The van der Waals surface area contributed by atoms with Crippen molar-refractivity contribution in [1.82, 2.24) is 35.4 Å². The lowest BCUT2D eigenvalue weighted by atomic mass is 9.98. The van der Waals surface area contributed by atoms with Crippen molar-refractivity contribution in [3.05, 3.63) is 59.9 Å². The lowest BCUT2D eigenvalue weighted by molar-refractivity contribution is 0.310. The molecular weight excluding hydrogens is 402 g/mol. The zero-order valence-corrected chi connectivity index (χ0v) is 18.7. The van der Waals surface area contributed by atoms with Gasteiger partial charge >= 0.3 is 6.01 Å². The van der Waals surface area contributed by atoms with Crippen molar-refractivity contribution in [2.75, 3.05) is 6.61 Å². The normalized spacial score (nSPS) is 11.1. The average Bonchev–Trinajstić information content (AvgIpc) is 3.48. The molecule has 0 saturated carbocycles. The smallest absolute Gasteiger partial charge is 0.335 e. The number of ether oxygens (including phenoxy) is 1. The minimum Gasteiger partial charge on any atom is -0.463 e. The topological polar surface area (TPSA) is 94.4 Å². The van der Waals surface area contributed by atoms with Gasteiger partial charge in [-0.3, -0.25) is 0 Å². The first-order valence-electron chi connectivity index (χ1n) is 11.3. The second-order valence-electron chi connectivity index (χ2n) is 7.68. The predicted molar refractivity (Wildman–Crippen MR) is 123 cm³/mol. The van der Waals surface area contributed by atoms with Crippen molar-refractivity contribution in [1.29, 1.82) is 0 Å². The van der Waals surface area contributed by atoms with Gasteiger partial charge in [-0.25, -0.2) is 4.68 Å². The zero-order chi connectivity index (χ0) is 22.2. The molecule has 2 aromatic carbocycles. The van der Waals surface area contributed by atoms with Crippen LogP contribution in [0.2, 0.25) is 0 Å². The molecule has 32 heavy (non-hydrogen) atoms. The molecule has 0 fully saturated rings. The second-order valence-corrected chi connectivity index (χ2v) is 7.68. The molecule has 2 heterocycles. The number of aromatic nitrogens is 7. The Labute approximate surface area is 188 Å². The molecule has 4 rings (SSSR count). The minimum atomic E-state index is 0.462. The Morgan fingerprint density at radius 1 is 0.938 bits per heavy atom. The number of hydrogen-bond donors (Lipinski definition) is 1. The predicted octanol–water partition coefficient (Wildman–Crippen LogP) is 4.70. The third kappa shape index (κ3) is 5.19. The number of benzene rings is 2. The highest BCUT2D eigenvalue weighted by molar-refractivity contribution is 5.80. The molecule has 0 amide bonds. The Hall–Kier alpha value is -3.55. The first-order valence-corrected chi connectivity index (χ1v) is 11.3. The monoisotopic (exact) mass is 431 g/mol. The Bertz CT molecular complexity index is 1100. The maximum absolute atomic E-state index is 5.56. The van der Waals surface area contributed by atoms with Gasteiger partial charge in [0.05, 0.1) is 6.61 Å². The number of nitrogens with one attached hydrogen (secondary N) is 1. The average molecular weight is 432 g/mol. The van der Waals surface area contributed by atoms with Crippen molar-refractivity contribution in [3.63, 3.8) is 0 Å². The van der Waals surface area contributed by atoms with Gasteiger partial charge in [-0.1, -0.05) is 74.7 Å². The summed E-state index contributed by atoms with van der Waals surface area (Å²) in [7, 11) is 0. The van der Waals surface area contributed by atoms with Crippen molar-refractivity contribution < 1.29 is 4.74 Å². The minimum absolute atomic E-state index is 0.462. The largest absolute Gasteiger partial charge is 0.463 e. The number of H-pyrrole nitrogens is 1. The van der Waals surface area contributed by atoms with Crippen LogP contribution in [0, 0.1) is 0 Å². The number of aryl methyl sites for hydroxylation is 1. The summed E-state index contributed by atoms with van der Waals surface area (Å²) >= 11 is 0. The SMILES string of the molecule is CCCCCCn1nc(OCC)nc1Cc1ccc(-c2ccccc2-c2nn[nH]n2)cc1. The van der Waals surface area contributed by atoms with E-state index < -0.39 is 0 Å². The van der Waals surface area contributed by atoms with Crippen LogP contribution < -0.4 is 4.74 Å². The van der Waals surface area contributed by atoms with Gasteiger partial charge in [-0.15, -0.1) is 15.3 Å².